The van der Waals surface area contributed by atoms with E-state index in [4.69, 9.17) is 0 Å². The molecule has 0 aromatic carbocycles. The lowest BCUT2D eigenvalue weighted by Gasteiger charge is -2.07. The van der Waals surface area contributed by atoms with Crippen LogP contribution in [0.2, 0.25) is 0 Å². The summed E-state index contributed by atoms with van der Waals surface area (Å²) in [6.45, 7) is 1.59. The highest BCUT2D eigenvalue weighted by molar-refractivity contribution is 7.16. The molecule has 14 heavy (non-hydrogen) atoms. The summed E-state index contributed by atoms with van der Waals surface area (Å²) in [5, 5.41) is 20.5. The molecule has 6 heteroatoms. The minimum atomic E-state index is -0.660. The van der Waals surface area contributed by atoms with E-state index >= 15 is 0 Å². The summed E-state index contributed by atoms with van der Waals surface area (Å²) >= 11 is 1.24. The summed E-state index contributed by atoms with van der Waals surface area (Å²) in [7, 11) is 3.48. The Balaban J connectivity index is 3.19. The van der Waals surface area contributed by atoms with Crippen molar-refractivity contribution in [1.82, 2.24) is 0 Å². The van der Waals surface area contributed by atoms with Crippen LogP contribution < -0.4 is 4.90 Å². The van der Waals surface area contributed by atoms with Crippen molar-refractivity contribution in [3.8, 4) is 0 Å². The first-order chi connectivity index (χ1) is 6.43. The molecule has 0 saturated carbocycles. The van der Waals surface area contributed by atoms with Crippen molar-refractivity contribution < 1.29 is 10.0 Å². The normalized spacial score (nSPS) is 12.6. The molecule has 0 unspecified atom stereocenters. The fraction of sp³-hybridized carbons (Fsp3) is 0.500. The molecule has 0 saturated heterocycles. The molecule has 1 aromatic heterocycles. The van der Waals surface area contributed by atoms with Gasteiger partial charge in [-0.1, -0.05) is 0 Å². The Kier molecular flexibility index (Phi) is 3.07. The minimum Gasteiger partial charge on any atom is -0.388 e. The molecule has 0 spiro atoms. The number of hydrogen-bond acceptors (Lipinski definition) is 5. The van der Waals surface area contributed by atoms with Gasteiger partial charge in [0.15, 0.2) is 5.00 Å². The van der Waals surface area contributed by atoms with E-state index < -0.39 is 11.0 Å². The molecular formula is C8H12N2O3S. The molecular weight excluding hydrogens is 204 g/mol. The molecule has 0 aliphatic carbocycles. The zero-order valence-corrected chi connectivity index (χ0v) is 9.04. The second-order valence-electron chi connectivity index (χ2n) is 3.17. The second kappa shape index (κ2) is 3.93. The zero-order valence-electron chi connectivity index (χ0n) is 8.22. The van der Waals surface area contributed by atoms with Gasteiger partial charge in [-0.25, -0.2) is 0 Å². The number of hydrogen-bond donors (Lipinski definition) is 1. The van der Waals surface area contributed by atoms with E-state index in [9.17, 15) is 15.2 Å². The van der Waals surface area contributed by atoms with Gasteiger partial charge >= 0.3 is 5.69 Å². The molecule has 0 aliphatic rings. The van der Waals surface area contributed by atoms with E-state index in [-0.39, 0.29) is 5.69 Å². The first kappa shape index (κ1) is 10.9. The van der Waals surface area contributed by atoms with Gasteiger partial charge in [0.05, 0.1) is 11.0 Å². The summed E-state index contributed by atoms with van der Waals surface area (Å²) in [6, 6.07) is 1.42. The molecule has 1 aromatic rings. The van der Waals surface area contributed by atoms with Gasteiger partial charge in [-0.2, -0.15) is 0 Å². The van der Waals surface area contributed by atoms with Crippen LogP contribution in [0.25, 0.3) is 0 Å². The predicted octanol–water partition coefficient (Wildman–Crippen LogP) is 1.78. The molecule has 1 heterocycles. The van der Waals surface area contributed by atoms with Gasteiger partial charge in [0.25, 0.3) is 0 Å². The molecule has 1 atom stereocenters. The van der Waals surface area contributed by atoms with Crippen LogP contribution >= 0.6 is 11.3 Å². The van der Waals surface area contributed by atoms with Crippen LogP contribution in [0.4, 0.5) is 10.7 Å². The number of anilines is 1. The average Bonchev–Trinajstić information content (AvgIpc) is 2.47. The van der Waals surface area contributed by atoms with Crippen LogP contribution in [-0.2, 0) is 0 Å². The molecule has 0 radical (unpaired) electrons. The molecule has 0 amide bonds. The molecule has 5 nitrogen and oxygen atoms in total. The second-order valence-corrected chi connectivity index (χ2v) is 4.23. The summed E-state index contributed by atoms with van der Waals surface area (Å²) < 4.78 is 0. The molecule has 78 valence electrons. The Labute approximate surface area is 85.7 Å². The van der Waals surface area contributed by atoms with Gasteiger partial charge in [-0.05, 0) is 6.92 Å². The molecule has 1 N–H and O–H groups in total. The first-order valence-corrected chi connectivity index (χ1v) is 4.88. The molecule has 1 rings (SSSR count). The zero-order chi connectivity index (χ0) is 10.9. The monoisotopic (exact) mass is 216 g/mol. The highest BCUT2D eigenvalue weighted by Gasteiger charge is 2.21. The van der Waals surface area contributed by atoms with Gasteiger partial charge in [0, 0.05) is 25.0 Å². The lowest BCUT2D eigenvalue weighted by atomic mass is 10.3. The fourth-order valence-electron chi connectivity index (χ4n) is 1.05. The Bertz CT molecular complexity index is 346. The minimum absolute atomic E-state index is 0.0518. The van der Waals surface area contributed by atoms with Crippen LogP contribution in [0.5, 0.6) is 0 Å². The number of aliphatic hydroxyl groups is 1. The van der Waals surface area contributed by atoms with Crippen LogP contribution in [0.15, 0.2) is 6.07 Å². The Morgan fingerprint density at radius 2 is 2.21 bits per heavy atom. The average molecular weight is 216 g/mol. The lowest BCUT2D eigenvalue weighted by molar-refractivity contribution is -0.383. The topological polar surface area (TPSA) is 66.6 Å². The molecule has 0 aliphatic heterocycles. The van der Waals surface area contributed by atoms with E-state index in [1.807, 2.05) is 0 Å². The Hall–Kier alpha value is -1.14. The summed E-state index contributed by atoms with van der Waals surface area (Å²) in [5.41, 5.74) is 0.0518. The third kappa shape index (κ3) is 2.02. The number of nitro groups is 1. The van der Waals surface area contributed by atoms with E-state index in [0.29, 0.717) is 9.88 Å². The molecule has 0 fully saturated rings. The quantitative estimate of drug-likeness (QED) is 0.617. The summed E-state index contributed by atoms with van der Waals surface area (Å²) in [4.78, 5) is 12.5. The van der Waals surface area contributed by atoms with Gasteiger partial charge in [-0.3, -0.25) is 10.1 Å². The van der Waals surface area contributed by atoms with Gasteiger partial charge in [0.2, 0.25) is 0 Å². The number of aliphatic hydroxyl groups excluding tert-OH is 1. The Morgan fingerprint density at radius 3 is 2.50 bits per heavy atom. The highest BCUT2D eigenvalue weighted by Crippen LogP contribution is 2.38. The van der Waals surface area contributed by atoms with Crippen molar-refractivity contribution in [2.75, 3.05) is 19.0 Å². The fourth-order valence-corrected chi connectivity index (χ4v) is 2.03. The molecule has 0 bridgehead atoms. The maximum atomic E-state index is 10.7. The third-order valence-corrected chi connectivity index (χ3v) is 3.19. The first-order valence-electron chi connectivity index (χ1n) is 4.07. The standard InChI is InChI=1S/C8H12N2O3S/c1-5(11)7-4-6(10(12)13)8(14-7)9(2)3/h4-5,11H,1-3H3/t5-/m1/s1. The third-order valence-electron chi connectivity index (χ3n) is 1.73. The van der Waals surface area contributed by atoms with Crippen LogP contribution in [0.1, 0.15) is 17.9 Å². The van der Waals surface area contributed by atoms with Crippen molar-refractivity contribution >= 4 is 22.0 Å². The number of rotatable bonds is 3. The van der Waals surface area contributed by atoms with Crippen molar-refractivity contribution in [1.29, 1.82) is 0 Å². The highest BCUT2D eigenvalue weighted by atomic mass is 32.1. The Morgan fingerprint density at radius 1 is 1.64 bits per heavy atom. The van der Waals surface area contributed by atoms with Gasteiger partial charge < -0.3 is 10.0 Å². The van der Waals surface area contributed by atoms with E-state index in [1.165, 1.54) is 17.4 Å². The largest absolute Gasteiger partial charge is 0.388 e. The van der Waals surface area contributed by atoms with Crippen molar-refractivity contribution in [2.45, 2.75) is 13.0 Å². The maximum Gasteiger partial charge on any atom is 0.304 e. The van der Waals surface area contributed by atoms with Crippen LogP contribution in [0.3, 0.4) is 0 Å². The van der Waals surface area contributed by atoms with Crippen molar-refractivity contribution in [2.24, 2.45) is 0 Å². The van der Waals surface area contributed by atoms with E-state index in [0.717, 1.165) is 0 Å². The lowest BCUT2D eigenvalue weighted by Crippen LogP contribution is -2.08. The van der Waals surface area contributed by atoms with E-state index in [1.54, 1.807) is 25.9 Å². The van der Waals surface area contributed by atoms with Gasteiger partial charge in [0.1, 0.15) is 0 Å². The van der Waals surface area contributed by atoms with Crippen LogP contribution in [-0.4, -0.2) is 24.1 Å². The van der Waals surface area contributed by atoms with Crippen molar-refractivity contribution in [3.05, 3.63) is 21.1 Å². The summed E-state index contributed by atoms with van der Waals surface area (Å²) in [5.74, 6) is 0. The predicted molar refractivity (Wildman–Crippen MR) is 55.9 cm³/mol. The number of nitrogens with zero attached hydrogens (tertiary/aromatic N) is 2. The van der Waals surface area contributed by atoms with Gasteiger partial charge in [-0.15, -0.1) is 11.3 Å². The summed E-state index contributed by atoms with van der Waals surface area (Å²) in [6.07, 6.45) is -0.660. The SMILES string of the molecule is C[C@@H](O)c1cc([N+](=O)[O-])c(N(C)C)s1. The number of thiophene rings is 1. The van der Waals surface area contributed by atoms with E-state index in [2.05, 4.69) is 0 Å². The van der Waals surface area contributed by atoms with Crippen molar-refractivity contribution in [3.63, 3.8) is 0 Å². The van der Waals surface area contributed by atoms with Crippen LogP contribution in [0, 0.1) is 10.1 Å². The smallest absolute Gasteiger partial charge is 0.304 e. The maximum absolute atomic E-state index is 10.7.